The number of carbonyl (C=O) groups excluding carboxylic acids is 1. The predicted molar refractivity (Wildman–Crippen MR) is 55.4 cm³/mol. The minimum Gasteiger partial charge on any atom is -0.395 e. The zero-order valence-electron chi connectivity index (χ0n) is 8.57. The molecule has 0 rings (SSSR count). The zero-order chi connectivity index (χ0) is 11.0. The van der Waals surface area contributed by atoms with Gasteiger partial charge in [0.15, 0.2) is 0 Å². The van der Waals surface area contributed by atoms with Crippen LogP contribution in [-0.2, 0) is 4.79 Å². The van der Waals surface area contributed by atoms with Gasteiger partial charge in [0.25, 0.3) is 0 Å². The van der Waals surface area contributed by atoms with E-state index < -0.39 is 6.04 Å². The molecule has 0 fully saturated rings. The minimum atomic E-state index is -0.641. The van der Waals surface area contributed by atoms with Crippen molar-refractivity contribution in [3.63, 3.8) is 0 Å². The third kappa shape index (κ3) is 4.26. The lowest BCUT2D eigenvalue weighted by atomic mass is 10.2. The monoisotopic (exact) mass is 198 g/mol. The molecule has 0 aliphatic heterocycles. The molecule has 14 heavy (non-hydrogen) atoms. The third-order valence-electron chi connectivity index (χ3n) is 1.83. The molecule has 1 amide bonds. The number of amides is 1. The van der Waals surface area contributed by atoms with Crippen molar-refractivity contribution < 1.29 is 9.90 Å². The molecule has 0 aliphatic rings. The Morgan fingerprint density at radius 3 is 2.71 bits per heavy atom. The van der Waals surface area contributed by atoms with Crippen LogP contribution in [0.3, 0.4) is 0 Å². The van der Waals surface area contributed by atoms with E-state index in [1.807, 2.05) is 6.92 Å². The largest absolute Gasteiger partial charge is 0.395 e. The number of aliphatic hydroxyl groups is 1. The first-order valence-electron chi connectivity index (χ1n) is 4.76. The van der Waals surface area contributed by atoms with E-state index in [1.54, 1.807) is 4.90 Å². The summed E-state index contributed by atoms with van der Waals surface area (Å²) in [5.74, 6) is 2.17. The quantitative estimate of drug-likeness (QED) is 0.569. The molecule has 0 aliphatic carbocycles. The number of carbonyl (C=O) groups is 1. The van der Waals surface area contributed by atoms with Crippen LogP contribution in [0, 0.1) is 12.3 Å². The average Bonchev–Trinajstić information content (AvgIpc) is 2.17. The molecule has 0 aromatic rings. The Labute approximate surface area is 85.1 Å². The fraction of sp³-hybridized carbons (Fsp3) is 0.700. The van der Waals surface area contributed by atoms with E-state index in [0.717, 1.165) is 6.42 Å². The Morgan fingerprint density at radius 2 is 2.29 bits per heavy atom. The molecular formula is C10H18N2O2. The Morgan fingerprint density at radius 1 is 1.64 bits per heavy atom. The number of hydrogen-bond acceptors (Lipinski definition) is 3. The molecule has 0 bridgehead atoms. The average molecular weight is 198 g/mol. The van der Waals surface area contributed by atoms with Crippen LogP contribution in [0.15, 0.2) is 0 Å². The van der Waals surface area contributed by atoms with Crippen molar-refractivity contribution >= 4 is 5.91 Å². The van der Waals surface area contributed by atoms with E-state index in [-0.39, 0.29) is 18.9 Å². The Balaban J connectivity index is 4.20. The van der Waals surface area contributed by atoms with Crippen LogP contribution in [0.2, 0.25) is 0 Å². The molecule has 0 spiro atoms. The van der Waals surface area contributed by atoms with E-state index >= 15 is 0 Å². The molecule has 0 saturated heterocycles. The maximum atomic E-state index is 11.6. The molecule has 0 aromatic carbocycles. The summed E-state index contributed by atoms with van der Waals surface area (Å²) < 4.78 is 0. The molecule has 1 unspecified atom stereocenters. The van der Waals surface area contributed by atoms with Gasteiger partial charge in [0.1, 0.15) is 0 Å². The van der Waals surface area contributed by atoms with E-state index in [4.69, 9.17) is 17.3 Å². The number of aliphatic hydroxyl groups excluding tert-OH is 1. The van der Waals surface area contributed by atoms with Crippen molar-refractivity contribution in [2.45, 2.75) is 25.8 Å². The number of terminal acetylenes is 1. The second-order valence-corrected chi connectivity index (χ2v) is 3.06. The fourth-order valence-corrected chi connectivity index (χ4v) is 1.17. The summed E-state index contributed by atoms with van der Waals surface area (Å²) >= 11 is 0. The van der Waals surface area contributed by atoms with Gasteiger partial charge in [0.05, 0.1) is 12.6 Å². The standard InChI is InChI=1S/C10H18N2O2/c1-3-5-9(11)10(14)12(6-4-2)7-8-13/h1,9,13H,4-8,11H2,2H3. The molecule has 80 valence electrons. The van der Waals surface area contributed by atoms with E-state index in [1.165, 1.54) is 0 Å². The Hall–Kier alpha value is -1.05. The van der Waals surface area contributed by atoms with Crippen molar-refractivity contribution in [3.8, 4) is 12.3 Å². The molecule has 4 nitrogen and oxygen atoms in total. The number of rotatable bonds is 6. The van der Waals surface area contributed by atoms with Crippen LogP contribution in [0.1, 0.15) is 19.8 Å². The molecule has 4 heteroatoms. The van der Waals surface area contributed by atoms with Crippen LogP contribution < -0.4 is 5.73 Å². The van der Waals surface area contributed by atoms with Crippen molar-refractivity contribution in [1.29, 1.82) is 0 Å². The van der Waals surface area contributed by atoms with Crippen molar-refractivity contribution in [3.05, 3.63) is 0 Å². The first-order valence-corrected chi connectivity index (χ1v) is 4.76. The highest BCUT2D eigenvalue weighted by atomic mass is 16.3. The summed E-state index contributed by atoms with van der Waals surface area (Å²) in [6, 6.07) is -0.641. The summed E-state index contributed by atoms with van der Waals surface area (Å²) in [6.45, 7) is 2.85. The maximum absolute atomic E-state index is 11.6. The highest BCUT2D eigenvalue weighted by Gasteiger charge is 2.18. The number of nitrogens with two attached hydrogens (primary N) is 1. The summed E-state index contributed by atoms with van der Waals surface area (Å²) in [6.07, 6.45) is 6.15. The van der Waals surface area contributed by atoms with E-state index in [2.05, 4.69) is 5.92 Å². The smallest absolute Gasteiger partial charge is 0.240 e. The summed E-state index contributed by atoms with van der Waals surface area (Å²) in [5.41, 5.74) is 5.57. The van der Waals surface area contributed by atoms with Gasteiger partial charge < -0.3 is 15.7 Å². The normalized spacial score (nSPS) is 11.9. The van der Waals surface area contributed by atoms with Gasteiger partial charge in [-0.05, 0) is 6.42 Å². The molecule has 0 radical (unpaired) electrons. The molecule has 1 atom stereocenters. The van der Waals surface area contributed by atoms with Gasteiger partial charge in [-0.1, -0.05) is 6.92 Å². The number of nitrogens with zero attached hydrogens (tertiary/aromatic N) is 1. The maximum Gasteiger partial charge on any atom is 0.240 e. The highest BCUT2D eigenvalue weighted by molar-refractivity contribution is 5.81. The number of hydrogen-bond donors (Lipinski definition) is 2. The lowest BCUT2D eigenvalue weighted by Crippen LogP contribution is -2.45. The van der Waals surface area contributed by atoms with Crippen molar-refractivity contribution in [2.24, 2.45) is 5.73 Å². The van der Waals surface area contributed by atoms with E-state index in [9.17, 15) is 4.79 Å². The molecule has 0 saturated carbocycles. The van der Waals surface area contributed by atoms with Gasteiger partial charge in [-0.15, -0.1) is 12.3 Å². The molecule has 0 heterocycles. The van der Waals surface area contributed by atoms with Gasteiger partial charge in [-0.3, -0.25) is 4.79 Å². The SMILES string of the molecule is C#CCC(N)C(=O)N(CCC)CCO. The highest BCUT2D eigenvalue weighted by Crippen LogP contribution is 1.98. The van der Waals surface area contributed by atoms with Crippen molar-refractivity contribution in [1.82, 2.24) is 4.90 Å². The predicted octanol–water partition coefficient (Wildman–Crippen LogP) is -0.432. The zero-order valence-corrected chi connectivity index (χ0v) is 8.57. The van der Waals surface area contributed by atoms with Gasteiger partial charge in [-0.25, -0.2) is 0 Å². The van der Waals surface area contributed by atoms with Gasteiger partial charge >= 0.3 is 0 Å². The van der Waals surface area contributed by atoms with Gasteiger partial charge in [-0.2, -0.15) is 0 Å². The second-order valence-electron chi connectivity index (χ2n) is 3.06. The third-order valence-corrected chi connectivity index (χ3v) is 1.83. The van der Waals surface area contributed by atoms with Gasteiger partial charge in [0.2, 0.25) is 5.91 Å². The molecular weight excluding hydrogens is 180 g/mol. The van der Waals surface area contributed by atoms with Crippen LogP contribution in [-0.4, -0.2) is 41.7 Å². The Kier molecular flexibility index (Phi) is 6.81. The summed E-state index contributed by atoms with van der Waals surface area (Å²) in [4.78, 5) is 13.2. The van der Waals surface area contributed by atoms with Crippen LogP contribution in [0.4, 0.5) is 0 Å². The summed E-state index contributed by atoms with van der Waals surface area (Å²) in [5, 5.41) is 8.75. The first-order chi connectivity index (χ1) is 6.67. The van der Waals surface area contributed by atoms with Crippen LogP contribution in [0.5, 0.6) is 0 Å². The van der Waals surface area contributed by atoms with Gasteiger partial charge in [0, 0.05) is 19.5 Å². The topological polar surface area (TPSA) is 66.6 Å². The summed E-state index contributed by atoms with van der Waals surface area (Å²) in [7, 11) is 0. The lowest BCUT2D eigenvalue weighted by molar-refractivity contribution is -0.133. The molecule has 0 aromatic heterocycles. The fourth-order valence-electron chi connectivity index (χ4n) is 1.17. The lowest BCUT2D eigenvalue weighted by Gasteiger charge is -2.23. The van der Waals surface area contributed by atoms with Crippen LogP contribution >= 0.6 is 0 Å². The van der Waals surface area contributed by atoms with Crippen LogP contribution in [0.25, 0.3) is 0 Å². The molecule has 3 N–H and O–H groups in total. The van der Waals surface area contributed by atoms with E-state index in [0.29, 0.717) is 13.1 Å². The second kappa shape index (κ2) is 7.36. The Bertz CT molecular complexity index is 205. The first kappa shape index (κ1) is 12.9. The minimum absolute atomic E-state index is 0.0471. The van der Waals surface area contributed by atoms with Crippen molar-refractivity contribution in [2.75, 3.05) is 19.7 Å².